The Bertz CT molecular complexity index is 782. The number of carbonyl (C=O) groups excluding carboxylic acids is 3. The number of benzene rings is 1. The summed E-state index contributed by atoms with van der Waals surface area (Å²) in [5, 5.41) is 3.01. The van der Waals surface area contributed by atoms with E-state index in [4.69, 9.17) is 0 Å². The average molecular weight is 380 g/mol. The van der Waals surface area contributed by atoms with E-state index in [-0.39, 0.29) is 41.5 Å². The third kappa shape index (κ3) is 2.78. The fourth-order valence-corrected chi connectivity index (χ4v) is 6.27. The predicted molar refractivity (Wildman–Crippen MR) is 105 cm³/mol. The summed E-state index contributed by atoms with van der Waals surface area (Å²) in [5.74, 6) is 1.01. The smallest absolute Gasteiger partial charge is 0.233 e. The number of likely N-dealkylation sites (tertiary alicyclic amines) is 1. The summed E-state index contributed by atoms with van der Waals surface area (Å²) >= 11 is 0. The highest BCUT2D eigenvalue weighted by atomic mass is 16.2. The maximum Gasteiger partial charge on any atom is 0.233 e. The normalized spacial score (nSPS) is 36.7. The van der Waals surface area contributed by atoms with Crippen LogP contribution < -0.4 is 5.32 Å². The maximum absolute atomic E-state index is 13.0. The zero-order valence-electron chi connectivity index (χ0n) is 16.4. The number of carbonyl (C=O) groups is 3. The molecule has 5 rings (SSSR count). The molecule has 5 nitrogen and oxygen atoms in total. The number of hydrogen-bond donors (Lipinski definition) is 1. The minimum Gasteiger partial charge on any atom is -0.326 e. The Morgan fingerprint density at radius 2 is 1.46 bits per heavy atom. The third-order valence-electron chi connectivity index (χ3n) is 7.71. The van der Waals surface area contributed by atoms with Crippen LogP contribution in [0.15, 0.2) is 24.3 Å². The summed E-state index contributed by atoms with van der Waals surface area (Å²) < 4.78 is 0. The summed E-state index contributed by atoms with van der Waals surface area (Å²) in [6.45, 7) is 2.02. The van der Waals surface area contributed by atoms with Crippen molar-refractivity contribution in [2.75, 3.05) is 5.32 Å². The molecule has 3 amide bonds. The van der Waals surface area contributed by atoms with Crippen LogP contribution >= 0.6 is 0 Å². The number of aryl methyl sites for hydroxylation is 1. The molecule has 3 aliphatic carbocycles. The van der Waals surface area contributed by atoms with E-state index >= 15 is 0 Å². The first-order chi connectivity index (χ1) is 13.5. The van der Waals surface area contributed by atoms with E-state index in [0.717, 1.165) is 56.2 Å². The highest BCUT2D eigenvalue weighted by Gasteiger charge is 2.61. The van der Waals surface area contributed by atoms with Gasteiger partial charge in [0.05, 0.1) is 11.8 Å². The van der Waals surface area contributed by atoms with Crippen LogP contribution in [0.1, 0.15) is 50.5 Å². The molecular weight excluding hydrogens is 352 g/mol. The molecule has 0 radical (unpaired) electrons. The van der Waals surface area contributed by atoms with Gasteiger partial charge in [-0.05, 0) is 75.8 Å². The van der Waals surface area contributed by atoms with Crippen LogP contribution in [0, 0.1) is 36.5 Å². The van der Waals surface area contributed by atoms with Crippen LogP contribution in [0.5, 0.6) is 0 Å². The summed E-state index contributed by atoms with van der Waals surface area (Å²) in [4.78, 5) is 40.2. The van der Waals surface area contributed by atoms with Gasteiger partial charge in [-0.1, -0.05) is 17.7 Å². The number of nitrogens with zero attached hydrogens (tertiary/aromatic N) is 1. The second kappa shape index (κ2) is 6.71. The van der Waals surface area contributed by atoms with E-state index in [1.807, 2.05) is 31.2 Å². The fraction of sp³-hybridized carbons (Fsp3) is 0.609. The first-order valence-corrected chi connectivity index (χ1v) is 10.8. The molecular formula is C23H28N2O3. The van der Waals surface area contributed by atoms with E-state index in [1.54, 1.807) is 4.90 Å². The van der Waals surface area contributed by atoms with Gasteiger partial charge in [0.15, 0.2) is 0 Å². The number of imide groups is 1. The molecule has 0 spiro atoms. The predicted octanol–water partition coefficient (Wildman–Crippen LogP) is 3.52. The Hall–Kier alpha value is -2.17. The zero-order chi connectivity index (χ0) is 19.4. The lowest BCUT2D eigenvalue weighted by atomic mass is 9.81. The molecule has 1 N–H and O–H groups in total. The molecule has 1 aromatic rings. The molecule has 0 unspecified atom stereocenters. The average Bonchev–Trinajstić information content (AvgIpc) is 3.38. The first-order valence-electron chi connectivity index (χ1n) is 10.8. The van der Waals surface area contributed by atoms with Crippen molar-refractivity contribution in [2.24, 2.45) is 29.6 Å². The highest BCUT2D eigenvalue weighted by Crippen LogP contribution is 2.56. The van der Waals surface area contributed by atoms with Crippen molar-refractivity contribution in [1.29, 1.82) is 0 Å². The zero-order valence-corrected chi connectivity index (χ0v) is 16.4. The number of hydrogen-bond acceptors (Lipinski definition) is 3. The van der Waals surface area contributed by atoms with Crippen molar-refractivity contribution < 1.29 is 14.4 Å². The Morgan fingerprint density at radius 3 is 2.04 bits per heavy atom. The van der Waals surface area contributed by atoms with Crippen molar-refractivity contribution >= 4 is 23.4 Å². The minimum atomic E-state index is -0.0407. The number of amides is 3. The minimum absolute atomic E-state index is 0.00609. The van der Waals surface area contributed by atoms with Gasteiger partial charge in [-0.2, -0.15) is 0 Å². The lowest BCUT2D eigenvalue weighted by molar-refractivity contribution is -0.144. The van der Waals surface area contributed by atoms with E-state index in [0.29, 0.717) is 11.8 Å². The van der Waals surface area contributed by atoms with Gasteiger partial charge in [-0.25, -0.2) is 0 Å². The molecule has 4 fully saturated rings. The van der Waals surface area contributed by atoms with Gasteiger partial charge in [0.1, 0.15) is 0 Å². The number of rotatable bonds is 3. The second-order valence-electron chi connectivity index (χ2n) is 9.29. The number of fused-ring (bicyclic) bond motifs is 5. The highest BCUT2D eigenvalue weighted by molar-refractivity contribution is 6.06. The SMILES string of the molecule is Cc1ccc(NC(=O)C2CCC(N3C(=O)[C@@H]4[C@H]5CC[C@@H](C5)[C@H]4C3=O)CC2)cc1. The molecule has 4 aliphatic rings. The largest absolute Gasteiger partial charge is 0.326 e. The summed E-state index contributed by atoms with van der Waals surface area (Å²) in [5.41, 5.74) is 1.99. The first kappa shape index (κ1) is 17.9. The van der Waals surface area contributed by atoms with Crippen molar-refractivity contribution in [3.8, 4) is 0 Å². The summed E-state index contributed by atoms with van der Waals surface area (Å²) in [7, 11) is 0. The van der Waals surface area contributed by atoms with E-state index < -0.39 is 0 Å². The fourth-order valence-electron chi connectivity index (χ4n) is 6.27. The van der Waals surface area contributed by atoms with E-state index in [2.05, 4.69) is 5.32 Å². The Balaban J connectivity index is 1.20. The quantitative estimate of drug-likeness (QED) is 0.816. The molecule has 148 valence electrons. The van der Waals surface area contributed by atoms with Gasteiger partial charge in [0.2, 0.25) is 17.7 Å². The Labute approximate surface area is 165 Å². The van der Waals surface area contributed by atoms with Gasteiger partial charge >= 0.3 is 0 Å². The molecule has 3 saturated carbocycles. The van der Waals surface area contributed by atoms with Crippen molar-refractivity contribution in [3.05, 3.63) is 29.8 Å². The van der Waals surface area contributed by atoms with E-state index in [1.165, 1.54) is 0 Å². The topological polar surface area (TPSA) is 66.5 Å². The number of nitrogens with one attached hydrogen (secondary N) is 1. The molecule has 2 bridgehead atoms. The molecule has 1 aromatic carbocycles. The molecule has 5 heteroatoms. The van der Waals surface area contributed by atoms with Gasteiger partial charge in [-0.15, -0.1) is 0 Å². The molecule has 0 aromatic heterocycles. The van der Waals surface area contributed by atoms with Crippen LogP contribution in [-0.2, 0) is 14.4 Å². The third-order valence-corrected chi connectivity index (χ3v) is 7.71. The second-order valence-corrected chi connectivity index (χ2v) is 9.29. The standard InChI is InChI=1S/C23H28N2O3/c1-13-2-8-17(9-3-13)24-21(26)14-6-10-18(11-7-14)25-22(27)19-15-4-5-16(12-15)20(19)23(25)28/h2-3,8-9,14-16,18-20H,4-7,10-12H2,1H3,(H,24,26)/t14?,15-,16-,18?,19+,20+/m0/s1. The summed E-state index contributed by atoms with van der Waals surface area (Å²) in [6, 6.07) is 7.82. The molecule has 4 atom stereocenters. The molecule has 1 heterocycles. The lowest BCUT2D eigenvalue weighted by Gasteiger charge is -2.33. The van der Waals surface area contributed by atoms with Crippen molar-refractivity contribution in [1.82, 2.24) is 4.90 Å². The van der Waals surface area contributed by atoms with E-state index in [9.17, 15) is 14.4 Å². The monoisotopic (exact) mass is 380 g/mol. The van der Waals surface area contributed by atoms with Gasteiger partial charge in [0, 0.05) is 17.6 Å². The van der Waals surface area contributed by atoms with Crippen LogP contribution in [-0.4, -0.2) is 28.7 Å². The summed E-state index contributed by atoms with van der Waals surface area (Å²) in [6.07, 6.45) is 6.28. The Morgan fingerprint density at radius 1 is 0.893 bits per heavy atom. The van der Waals surface area contributed by atoms with Crippen molar-refractivity contribution in [2.45, 2.75) is 57.9 Å². The maximum atomic E-state index is 13.0. The van der Waals surface area contributed by atoms with Crippen LogP contribution in [0.2, 0.25) is 0 Å². The van der Waals surface area contributed by atoms with Crippen LogP contribution in [0.3, 0.4) is 0 Å². The number of anilines is 1. The van der Waals surface area contributed by atoms with Crippen molar-refractivity contribution in [3.63, 3.8) is 0 Å². The molecule has 1 saturated heterocycles. The van der Waals surface area contributed by atoms with Crippen LogP contribution in [0.4, 0.5) is 5.69 Å². The van der Waals surface area contributed by atoms with Gasteiger partial charge in [0.25, 0.3) is 0 Å². The van der Waals surface area contributed by atoms with Crippen LogP contribution in [0.25, 0.3) is 0 Å². The van der Waals surface area contributed by atoms with Gasteiger partial charge in [-0.3, -0.25) is 19.3 Å². The molecule has 1 aliphatic heterocycles. The lowest BCUT2D eigenvalue weighted by Crippen LogP contribution is -2.44. The Kier molecular flexibility index (Phi) is 4.29. The van der Waals surface area contributed by atoms with Gasteiger partial charge < -0.3 is 5.32 Å². The molecule has 28 heavy (non-hydrogen) atoms.